The summed E-state index contributed by atoms with van der Waals surface area (Å²) in [6, 6.07) is 0. The van der Waals surface area contributed by atoms with E-state index in [0.717, 1.165) is 38.5 Å². The van der Waals surface area contributed by atoms with Crippen LogP contribution in [0, 0.1) is 34.5 Å². The van der Waals surface area contributed by atoms with E-state index in [-0.39, 0.29) is 34.9 Å². The Hall–Kier alpha value is -1.48. The van der Waals surface area contributed by atoms with Gasteiger partial charge in [-0.3, -0.25) is 9.59 Å². The van der Waals surface area contributed by atoms with E-state index in [1.165, 1.54) is 11.1 Å². The van der Waals surface area contributed by atoms with E-state index < -0.39 is 0 Å². The van der Waals surface area contributed by atoms with Crippen molar-refractivity contribution in [2.24, 2.45) is 34.5 Å². The van der Waals surface area contributed by atoms with Gasteiger partial charge in [-0.05, 0) is 74.3 Å². The van der Waals surface area contributed by atoms with Gasteiger partial charge in [0, 0.05) is 11.3 Å². The Morgan fingerprint density at radius 1 is 1.33 bits per heavy atom. The fourth-order valence-electron chi connectivity index (χ4n) is 7.09. The smallest absolute Gasteiger partial charge is 0.178 e. The third-order valence-corrected chi connectivity index (χ3v) is 8.28. The SMILES string of the molecule is CCC[C@H]1CC2C3CCC4=CC(=O)C=C[C@]4(C)C3=CC[C@]2(C)[C@H]1C(=O)CO. The fourth-order valence-corrected chi connectivity index (χ4v) is 7.09. The lowest BCUT2D eigenvalue weighted by atomic mass is 9.52. The Labute approximate surface area is 162 Å². The van der Waals surface area contributed by atoms with Crippen LogP contribution in [-0.4, -0.2) is 23.3 Å². The van der Waals surface area contributed by atoms with Crippen LogP contribution < -0.4 is 0 Å². The summed E-state index contributed by atoms with van der Waals surface area (Å²) in [7, 11) is 0. The van der Waals surface area contributed by atoms with Crippen molar-refractivity contribution in [3.63, 3.8) is 0 Å². The van der Waals surface area contributed by atoms with Crippen LogP contribution in [0.5, 0.6) is 0 Å². The molecule has 0 aromatic rings. The Bertz CT molecular complexity index is 758. The predicted octanol–water partition coefficient (Wildman–Crippen LogP) is 4.42. The molecule has 0 aromatic carbocycles. The molecule has 0 saturated heterocycles. The highest BCUT2D eigenvalue weighted by Gasteiger charge is 2.59. The van der Waals surface area contributed by atoms with Crippen molar-refractivity contribution < 1.29 is 14.7 Å². The molecule has 0 bridgehead atoms. The van der Waals surface area contributed by atoms with E-state index in [4.69, 9.17) is 0 Å². The first kappa shape index (κ1) is 18.9. The highest BCUT2D eigenvalue weighted by molar-refractivity contribution is 6.01. The highest BCUT2D eigenvalue weighted by atomic mass is 16.3. The quantitative estimate of drug-likeness (QED) is 0.748. The van der Waals surface area contributed by atoms with Gasteiger partial charge in [-0.2, -0.15) is 0 Å². The maximum atomic E-state index is 12.7. The second kappa shape index (κ2) is 6.55. The van der Waals surface area contributed by atoms with E-state index in [9.17, 15) is 14.7 Å². The molecule has 0 aliphatic heterocycles. The summed E-state index contributed by atoms with van der Waals surface area (Å²) in [6.45, 7) is 6.42. The molecular weight excluding hydrogens is 336 g/mol. The second-order valence-corrected chi connectivity index (χ2v) is 9.62. The lowest BCUT2D eigenvalue weighted by Gasteiger charge is -2.52. The molecule has 6 atom stereocenters. The Morgan fingerprint density at radius 3 is 2.81 bits per heavy atom. The minimum Gasteiger partial charge on any atom is -0.389 e. The molecule has 3 nitrogen and oxygen atoms in total. The van der Waals surface area contributed by atoms with Crippen molar-refractivity contribution in [3.8, 4) is 0 Å². The molecule has 0 amide bonds. The molecule has 0 spiro atoms. The van der Waals surface area contributed by atoms with Gasteiger partial charge in [0.15, 0.2) is 11.6 Å². The third kappa shape index (κ3) is 2.65. The molecule has 2 saturated carbocycles. The van der Waals surface area contributed by atoms with Crippen molar-refractivity contribution in [1.29, 1.82) is 0 Å². The Morgan fingerprint density at radius 2 is 2.11 bits per heavy atom. The average Bonchev–Trinajstić information content (AvgIpc) is 2.94. The molecule has 0 radical (unpaired) electrons. The van der Waals surface area contributed by atoms with E-state index in [1.807, 2.05) is 6.08 Å². The topological polar surface area (TPSA) is 54.4 Å². The van der Waals surface area contributed by atoms with Gasteiger partial charge in [-0.25, -0.2) is 0 Å². The number of Topliss-reactive ketones (excluding diaryl/α,β-unsaturated/α-hetero) is 1. The summed E-state index contributed by atoms with van der Waals surface area (Å²) in [6.07, 6.45) is 14.3. The lowest BCUT2D eigenvalue weighted by Crippen LogP contribution is -2.45. The van der Waals surface area contributed by atoms with Crippen molar-refractivity contribution in [2.75, 3.05) is 6.61 Å². The van der Waals surface area contributed by atoms with E-state index in [1.54, 1.807) is 6.08 Å². The van der Waals surface area contributed by atoms with Crippen molar-refractivity contribution >= 4 is 11.6 Å². The number of allylic oxidation sites excluding steroid dienone is 6. The number of rotatable bonds is 4. The third-order valence-electron chi connectivity index (χ3n) is 8.28. The largest absolute Gasteiger partial charge is 0.389 e. The number of carbonyl (C=O) groups is 2. The van der Waals surface area contributed by atoms with Crippen LogP contribution in [0.25, 0.3) is 0 Å². The number of hydrogen-bond donors (Lipinski definition) is 1. The second-order valence-electron chi connectivity index (χ2n) is 9.62. The molecule has 4 aliphatic carbocycles. The molecule has 4 aliphatic rings. The van der Waals surface area contributed by atoms with Crippen LogP contribution in [-0.2, 0) is 9.59 Å². The zero-order chi connectivity index (χ0) is 19.4. The maximum Gasteiger partial charge on any atom is 0.178 e. The molecule has 3 heteroatoms. The van der Waals surface area contributed by atoms with Crippen LogP contribution in [0.4, 0.5) is 0 Å². The van der Waals surface area contributed by atoms with Crippen molar-refractivity contribution in [3.05, 3.63) is 35.5 Å². The molecule has 0 aromatic heterocycles. The molecule has 2 unspecified atom stereocenters. The molecule has 27 heavy (non-hydrogen) atoms. The number of ketones is 2. The van der Waals surface area contributed by atoms with Gasteiger partial charge >= 0.3 is 0 Å². The minimum absolute atomic E-state index is 0.0153. The number of aliphatic hydroxyl groups excluding tert-OH is 1. The van der Waals surface area contributed by atoms with Gasteiger partial charge in [-0.1, -0.05) is 43.6 Å². The molecule has 0 heterocycles. The minimum atomic E-state index is -0.329. The predicted molar refractivity (Wildman–Crippen MR) is 106 cm³/mol. The number of fused-ring (bicyclic) bond motifs is 5. The maximum absolute atomic E-state index is 12.7. The zero-order valence-corrected chi connectivity index (χ0v) is 16.8. The summed E-state index contributed by atoms with van der Waals surface area (Å²) in [5, 5.41) is 9.63. The zero-order valence-electron chi connectivity index (χ0n) is 16.8. The monoisotopic (exact) mass is 368 g/mol. The van der Waals surface area contributed by atoms with Crippen LogP contribution in [0.1, 0.15) is 59.3 Å². The summed E-state index contributed by atoms with van der Waals surface area (Å²) in [4.78, 5) is 24.6. The van der Waals surface area contributed by atoms with Gasteiger partial charge < -0.3 is 5.11 Å². The molecule has 2 fully saturated rings. The van der Waals surface area contributed by atoms with Gasteiger partial charge in [0.05, 0.1) is 0 Å². The molecule has 146 valence electrons. The normalized spacial score (nSPS) is 42.7. The Kier molecular flexibility index (Phi) is 4.57. The number of aliphatic hydroxyl groups is 1. The van der Waals surface area contributed by atoms with Crippen molar-refractivity contribution in [2.45, 2.75) is 59.3 Å². The first-order valence-electron chi connectivity index (χ1n) is 10.6. The van der Waals surface area contributed by atoms with Gasteiger partial charge in [0.1, 0.15) is 6.61 Å². The molecule has 4 rings (SSSR count). The molecule has 1 N–H and O–H groups in total. The number of carbonyl (C=O) groups excluding carboxylic acids is 2. The van der Waals surface area contributed by atoms with E-state index in [2.05, 4.69) is 32.9 Å². The van der Waals surface area contributed by atoms with E-state index in [0.29, 0.717) is 17.8 Å². The summed E-state index contributed by atoms with van der Waals surface area (Å²) >= 11 is 0. The average molecular weight is 369 g/mol. The standard InChI is InChI=1S/C24H32O3/c1-4-5-15-12-20-18-7-6-16-13-17(26)8-10-23(16,2)19(18)9-11-24(20,3)22(15)21(27)14-25/h8-10,13,15,18,20,22,25H,4-7,11-12,14H2,1-3H3/t15-,18?,20?,22+,23-,24-/m0/s1. The molecular formula is C24H32O3. The van der Waals surface area contributed by atoms with Crippen LogP contribution in [0.2, 0.25) is 0 Å². The lowest BCUT2D eigenvalue weighted by molar-refractivity contribution is -0.131. The summed E-state index contributed by atoms with van der Waals surface area (Å²) in [5.41, 5.74) is 2.56. The van der Waals surface area contributed by atoms with Crippen molar-refractivity contribution in [1.82, 2.24) is 0 Å². The first-order valence-corrected chi connectivity index (χ1v) is 10.6. The summed E-state index contributed by atoms with van der Waals surface area (Å²) < 4.78 is 0. The van der Waals surface area contributed by atoms with Crippen LogP contribution in [0.3, 0.4) is 0 Å². The highest BCUT2D eigenvalue weighted by Crippen LogP contribution is 2.65. The fraction of sp³-hybridized carbons (Fsp3) is 0.667. The van der Waals surface area contributed by atoms with E-state index >= 15 is 0 Å². The Balaban J connectivity index is 1.74. The van der Waals surface area contributed by atoms with Crippen LogP contribution in [0.15, 0.2) is 35.5 Å². The van der Waals surface area contributed by atoms with Gasteiger partial charge in [0.2, 0.25) is 0 Å². The van der Waals surface area contributed by atoms with Gasteiger partial charge in [0.25, 0.3) is 0 Å². The van der Waals surface area contributed by atoms with Gasteiger partial charge in [-0.15, -0.1) is 0 Å². The van der Waals surface area contributed by atoms with Crippen LogP contribution >= 0.6 is 0 Å². The summed E-state index contributed by atoms with van der Waals surface area (Å²) in [5.74, 6) is 1.52. The number of hydrogen-bond acceptors (Lipinski definition) is 3. The first-order chi connectivity index (χ1) is 12.8.